The van der Waals surface area contributed by atoms with Crippen LogP contribution in [-0.4, -0.2) is 147 Å². The minimum Gasteiger partial charge on any atom is -0.724 e. The average Bonchev–Trinajstić information content (AvgIpc) is 4.15. The average molecular weight is 959 g/mol. The highest BCUT2D eigenvalue weighted by Gasteiger charge is 2.50. The summed E-state index contributed by atoms with van der Waals surface area (Å²) >= 11 is 0. The summed E-state index contributed by atoms with van der Waals surface area (Å²) in [6.45, 7) is 17.2. The second kappa shape index (κ2) is 23.0. The van der Waals surface area contributed by atoms with Gasteiger partial charge in [-0.15, -0.1) is 24.7 Å². The van der Waals surface area contributed by atoms with Crippen LogP contribution in [0, 0.1) is 0 Å². The normalized spacial score (nSPS) is 24.7. The number of unbranched alkanes of at least 4 members (excludes halogenated alkanes) is 4. The number of nitrogens with zero attached hydrogens (tertiary/aromatic N) is 9. The van der Waals surface area contributed by atoms with Crippen LogP contribution >= 0.6 is 0 Å². The van der Waals surface area contributed by atoms with Crippen molar-refractivity contribution in [3.63, 3.8) is 0 Å². The predicted molar refractivity (Wildman–Crippen MR) is 232 cm³/mol. The zero-order valence-corrected chi connectivity index (χ0v) is 40.1. The van der Waals surface area contributed by atoms with Crippen LogP contribution in [0.4, 0.5) is 9.59 Å². The second-order valence-electron chi connectivity index (χ2n) is 18.3. The van der Waals surface area contributed by atoms with Gasteiger partial charge in [-0.3, -0.25) is 4.55 Å². The van der Waals surface area contributed by atoms with E-state index in [1.54, 1.807) is 0 Å². The van der Waals surface area contributed by atoms with Crippen molar-refractivity contribution in [3.8, 4) is 0 Å². The number of hydrogen-bond acceptors (Lipinski definition) is 16. The van der Waals surface area contributed by atoms with Gasteiger partial charge in [-0.2, -0.15) is 22.8 Å². The highest BCUT2D eigenvalue weighted by atomic mass is 32.3. The maximum Gasteiger partial charge on any atom is 0.418 e. The summed E-state index contributed by atoms with van der Waals surface area (Å²) in [6, 6.07) is -3.03. The lowest BCUT2D eigenvalue weighted by Crippen LogP contribution is -2.50. The number of urea groups is 2. The molecule has 6 aliphatic rings. The topological polar surface area (TPSA) is 267 Å². The van der Waals surface area contributed by atoms with Crippen LogP contribution in [0.3, 0.4) is 0 Å². The van der Waals surface area contributed by atoms with Gasteiger partial charge in [0, 0.05) is 25.6 Å². The van der Waals surface area contributed by atoms with E-state index in [1.807, 2.05) is 0 Å². The molecule has 65 heavy (non-hydrogen) atoms. The van der Waals surface area contributed by atoms with Gasteiger partial charge in [0.15, 0.2) is 0 Å². The van der Waals surface area contributed by atoms with Gasteiger partial charge >= 0.3 is 22.5 Å². The quantitative estimate of drug-likeness (QED) is 0.0890. The summed E-state index contributed by atoms with van der Waals surface area (Å²) in [5.41, 5.74) is 0. The van der Waals surface area contributed by atoms with Crippen LogP contribution in [0.25, 0.3) is 0 Å². The van der Waals surface area contributed by atoms with Gasteiger partial charge in [-0.1, -0.05) is 66.2 Å². The molecule has 5 saturated heterocycles. The highest BCUT2D eigenvalue weighted by molar-refractivity contribution is 7.81. The van der Waals surface area contributed by atoms with Gasteiger partial charge in [0.2, 0.25) is 34.0 Å². The molecule has 5 atom stereocenters. The molecule has 0 aromatic carbocycles. The Morgan fingerprint density at radius 2 is 1.08 bits per heavy atom. The first-order valence-electron chi connectivity index (χ1n) is 23.8. The first kappa shape index (κ1) is 50.9. The molecule has 4 amide bonds. The molecule has 0 unspecified atom stereocenters. The first-order chi connectivity index (χ1) is 31.1. The van der Waals surface area contributed by atoms with Crippen molar-refractivity contribution >= 4 is 32.9 Å². The van der Waals surface area contributed by atoms with Crippen molar-refractivity contribution < 1.29 is 57.4 Å². The van der Waals surface area contributed by atoms with Crippen molar-refractivity contribution in [2.75, 3.05) is 52.4 Å². The van der Waals surface area contributed by atoms with Crippen LogP contribution in [-0.2, 0) is 29.4 Å². The third-order valence-electron chi connectivity index (χ3n) is 13.5. The van der Waals surface area contributed by atoms with Crippen molar-refractivity contribution in [2.45, 2.75) is 173 Å². The number of quaternary nitrogens is 1. The summed E-state index contributed by atoms with van der Waals surface area (Å²) in [5, 5.41) is 20.9. The largest absolute Gasteiger partial charge is 0.724 e. The maximum absolute atomic E-state index is 12.4. The molecule has 2 aromatic heterocycles. The van der Waals surface area contributed by atoms with Crippen LogP contribution in [0.2, 0.25) is 0 Å². The predicted octanol–water partition coefficient (Wildman–Crippen LogP) is 5.89. The van der Waals surface area contributed by atoms with Crippen LogP contribution in [0.1, 0.15) is 184 Å². The molecular weight excluding hydrogens is 889 g/mol. The lowest BCUT2D eigenvalue weighted by atomic mass is 10.0. The molecular formula is C41H70N10O12S2. The van der Waals surface area contributed by atoms with Gasteiger partial charge in [-0.05, 0) is 77.2 Å². The number of amides is 4. The number of rotatable bonds is 20. The lowest BCUT2D eigenvalue weighted by Gasteiger charge is -2.39. The van der Waals surface area contributed by atoms with Crippen molar-refractivity contribution in [2.24, 2.45) is 0 Å². The van der Waals surface area contributed by atoms with E-state index in [0.717, 1.165) is 45.2 Å². The lowest BCUT2D eigenvalue weighted by molar-refractivity contribution is -0.929. The molecule has 4 bridgehead atoms. The van der Waals surface area contributed by atoms with Gasteiger partial charge in [0.25, 0.3) is 0 Å². The summed E-state index contributed by atoms with van der Waals surface area (Å²) in [4.78, 5) is 27.6. The molecule has 6 fully saturated rings. The Balaban J connectivity index is 0.000000165. The van der Waals surface area contributed by atoms with E-state index in [9.17, 15) is 31.0 Å². The minimum absolute atomic E-state index is 0.177. The molecule has 0 spiro atoms. The number of carbonyl (C=O) groups is 2. The van der Waals surface area contributed by atoms with Crippen LogP contribution in [0.5, 0.6) is 0 Å². The van der Waals surface area contributed by atoms with E-state index in [4.69, 9.17) is 13.4 Å². The molecule has 2 N–H and O–H groups in total. The van der Waals surface area contributed by atoms with E-state index < -0.39 is 57.0 Å². The summed E-state index contributed by atoms with van der Waals surface area (Å²) in [6.07, 6.45) is 18.4. The summed E-state index contributed by atoms with van der Waals surface area (Å²) in [5.74, 6) is 2.31. The Morgan fingerprint density at radius 1 is 0.646 bits per heavy atom. The maximum atomic E-state index is 12.4. The zero-order chi connectivity index (χ0) is 46.8. The fourth-order valence-corrected chi connectivity index (χ4v) is 10.7. The molecule has 2 aromatic rings. The van der Waals surface area contributed by atoms with Crippen LogP contribution in [0.15, 0.2) is 8.83 Å². The first-order valence-corrected chi connectivity index (χ1v) is 26.5. The Morgan fingerprint density at radius 3 is 1.48 bits per heavy atom. The number of carbonyl (C=O) groups excluding carboxylic acids is 2. The van der Waals surface area contributed by atoms with Crippen molar-refractivity contribution in [1.82, 2.24) is 45.6 Å². The molecule has 7 heterocycles. The molecule has 1 saturated carbocycles. The molecule has 368 valence electrons. The smallest absolute Gasteiger partial charge is 0.418 e. The number of nitrogens with one attached hydrogen (secondary N) is 1. The van der Waals surface area contributed by atoms with Crippen molar-refractivity contribution in [1.29, 1.82) is 0 Å². The monoisotopic (exact) mass is 958 g/mol. The van der Waals surface area contributed by atoms with E-state index in [2.05, 4.69) is 62.0 Å². The Bertz CT molecular complexity index is 1900. The third kappa shape index (κ3) is 13.3. The fourth-order valence-electron chi connectivity index (χ4n) is 9.95. The van der Waals surface area contributed by atoms with Crippen LogP contribution < -0.4 is 5.32 Å². The SMILES string of the molecule is CCCC[N+](CCCC)(CCCC)CCCC.O=C1N2C[C@@H](CC[C@H]2c2nnc(C3CCCC3)o2)N1OS(=O)(=O)[O-].O=C1N2C[C@@H](CC[C@H]2c2nnc([C@@H]3CCNC3)o2)N1OS(=O)(=O)O. The van der Waals surface area contributed by atoms with E-state index in [0.29, 0.717) is 59.4 Å². The molecule has 8 rings (SSSR count). The highest BCUT2D eigenvalue weighted by Crippen LogP contribution is 2.41. The number of hydroxylamine groups is 4. The molecule has 24 heteroatoms. The number of aromatic nitrogens is 4. The molecule has 1 aliphatic carbocycles. The summed E-state index contributed by atoms with van der Waals surface area (Å²) < 4.78 is 84.6. The van der Waals surface area contributed by atoms with Gasteiger partial charge in [0.1, 0.15) is 12.1 Å². The molecule has 5 aliphatic heterocycles. The fraction of sp³-hybridized carbons (Fsp3) is 0.854. The minimum atomic E-state index is -4.99. The molecule has 0 radical (unpaired) electrons. The number of fused-ring (bicyclic) bond motifs is 4. The zero-order valence-electron chi connectivity index (χ0n) is 38.4. The Hall–Kier alpha value is -3.52. The third-order valence-corrected chi connectivity index (χ3v) is 14.2. The molecule has 22 nitrogen and oxygen atoms in total. The van der Waals surface area contributed by atoms with E-state index >= 15 is 0 Å². The standard InChI is InChI=1S/C16H36N.C13H18N4O6S.C12H17N5O6S/c1-5-9-13-17(14-10-6-2,15-11-7-3)16-12-8-4;18-13-16-7-9(17(13)23-24(19,20)21)5-6-10(16)12-15-14-11(22-12)8-3-1-2-4-8;18-12-16-6-8(17(12)23-24(19,20)21)1-2-9(16)11-15-14-10(22-11)7-3-4-13-5-7/h5-16H2,1-4H3;8-10H,1-7H2,(H,19,20,21);7-9,13H,1-6H2,(H,19,20,21)/q+1;;/p-1/t;9-,10+;7-,8-,9+/m.11/s1. The van der Waals surface area contributed by atoms with Gasteiger partial charge in [-0.25, -0.2) is 18.0 Å². The van der Waals surface area contributed by atoms with Gasteiger partial charge in [0.05, 0.1) is 44.2 Å². The second-order valence-corrected chi connectivity index (χ2v) is 20.2. The van der Waals surface area contributed by atoms with Crippen molar-refractivity contribution in [3.05, 3.63) is 23.6 Å². The number of hydrogen-bond donors (Lipinski definition) is 2. The Kier molecular flexibility index (Phi) is 18.0. The van der Waals surface area contributed by atoms with E-state index in [1.165, 1.54) is 91.8 Å². The summed E-state index contributed by atoms with van der Waals surface area (Å²) in [7, 11) is -9.74. The number of piperidine rings is 2. The van der Waals surface area contributed by atoms with Gasteiger partial charge < -0.3 is 33.0 Å². The van der Waals surface area contributed by atoms with E-state index in [-0.39, 0.29) is 24.9 Å². The Labute approximate surface area is 383 Å².